The summed E-state index contributed by atoms with van der Waals surface area (Å²) >= 11 is 0. The number of esters is 1. The summed E-state index contributed by atoms with van der Waals surface area (Å²) in [5.74, 6) is -0.0637. The average molecular weight is 181 g/mol. The molecule has 1 aromatic rings. The average Bonchev–Trinajstić information content (AvgIpc) is 2.90. The van der Waals surface area contributed by atoms with Gasteiger partial charge in [0, 0.05) is 6.04 Å². The first-order valence-corrected chi connectivity index (χ1v) is 4.14. The number of aromatic nitrogens is 2. The molecule has 70 valence electrons. The Morgan fingerprint density at radius 1 is 1.77 bits per heavy atom. The molecule has 2 N–H and O–H groups in total. The summed E-state index contributed by atoms with van der Waals surface area (Å²) in [4.78, 5) is 15.0. The van der Waals surface area contributed by atoms with Crippen LogP contribution in [-0.2, 0) is 4.74 Å². The molecule has 1 aliphatic rings. The van der Waals surface area contributed by atoms with Crippen LogP contribution in [0.4, 0.5) is 5.82 Å². The van der Waals surface area contributed by atoms with Crippen LogP contribution in [-0.4, -0.2) is 22.6 Å². The zero-order valence-corrected chi connectivity index (χ0v) is 7.36. The van der Waals surface area contributed by atoms with Gasteiger partial charge in [0.15, 0.2) is 5.69 Å². The molecular weight excluding hydrogens is 170 g/mol. The molecule has 0 radical (unpaired) electrons. The van der Waals surface area contributed by atoms with Gasteiger partial charge in [-0.25, -0.2) is 9.78 Å². The summed E-state index contributed by atoms with van der Waals surface area (Å²) in [5.41, 5.74) is 5.94. The van der Waals surface area contributed by atoms with Crippen LogP contribution < -0.4 is 5.73 Å². The fourth-order valence-corrected chi connectivity index (χ4v) is 1.27. The Labute approximate surface area is 75.5 Å². The first kappa shape index (κ1) is 8.10. The van der Waals surface area contributed by atoms with Crippen molar-refractivity contribution >= 4 is 11.8 Å². The van der Waals surface area contributed by atoms with E-state index >= 15 is 0 Å². The van der Waals surface area contributed by atoms with Gasteiger partial charge in [0.1, 0.15) is 5.82 Å². The molecule has 2 rings (SSSR count). The van der Waals surface area contributed by atoms with Crippen LogP contribution in [0, 0.1) is 0 Å². The summed E-state index contributed by atoms with van der Waals surface area (Å²) in [7, 11) is 1.32. The second-order valence-electron chi connectivity index (χ2n) is 3.11. The van der Waals surface area contributed by atoms with Crippen LogP contribution >= 0.6 is 0 Å². The second-order valence-corrected chi connectivity index (χ2v) is 3.11. The quantitative estimate of drug-likeness (QED) is 0.678. The highest BCUT2D eigenvalue weighted by molar-refractivity contribution is 5.92. The minimum absolute atomic E-state index is 0.217. The van der Waals surface area contributed by atoms with Crippen LogP contribution in [0.5, 0.6) is 0 Å². The lowest BCUT2D eigenvalue weighted by atomic mass is 10.4. The first-order chi connectivity index (χ1) is 6.24. The lowest BCUT2D eigenvalue weighted by Crippen LogP contribution is -2.07. The molecule has 0 aliphatic heterocycles. The normalized spacial score (nSPS) is 15.8. The van der Waals surface area contributed by atoms with E-state index in [4.69, 9.17) is 5.73 Å². The van der Waals surface area contributed by atoms with E-state index in [2.05, 4.69) is 9.72 Å². The minimum atomic E-state index is -0.475. The van der Waals surface area contributed by atoms with Gasteiger partial charge in [-0.2, -0.15) is 0 Å². The van der Waals surface area contributed by atoms with E-state index in [0.717, 1.165) is 12.8 Å². The van der Waals surface area contributed by atoms with Gasteiger partial charge in [-0.1, -0.05) is 0 Å². The van der Waals surface area contributed by atoms with Crippen LogP contribution in [0.25, 0.3) is 0 Å². The van der Waals surface area contributed by atoms with Gasteiger partial charge in [-0.15, -0.1) is 0 Å². The first-order valence-electron chi connectivity index (χ1n) is 4.14. The summed E-state index contributed by atoms with van der Waals surface area (Å²) in [6.45, 7) is 0. The van der Waals surface area contributed by atoms with Crippen molar-refractivity contribution in [3.05, 3.63) is 12.0 Å². The Morgan fingerprint density at radius 2 is 2.46 bits per heavy atom. The summed E-state index contributed by atoms with van der Waals surface area (Å²) in [6.07, 6.45) is 3.82. The number of ether oxygens (including phenoxy) is 1. The Balaban J connectivity index is 2.32. The topological polar surface area (TPSA) is 70.1 Å². The van der Waals surface area contributed by atoms with Crippen molar-refractivity contribution in [2.24, 2.45) is 0 Å². The molecule has 0 unspecified atom stereocenters. The Bertz CT molecular complexity index is 341. The molecule has 13 heavy (non-hydrogen) atoms. The molecule has 0 spiro atoms. The third-order valence-corrected chi connectivity index (χ3v) is 2.15. The van der Waals surface area contributed by atoms with Gasteiger partial charge < -0.3 is 15.0 Å². The van der Waals surface area contributed by atoms with E-state index in [1.165, 1.54) is 7.11 Å². The SMILES string of the molecule is COC(=O)c1ncn(C2CC2)c1N. The molecule has 5 heteroatoms. The lowest BCUT2D eigenvalue weighted by molar-refractivity contribution is 0.0596. The molecule has 0 atom stereocenters. The number of nitrogens with two attached hydrogens (primary N) is 1. The van der Waals surface area contributed by atoms with Crippen molar-refractivity contribution < 1.29 is 9.53 Å². The van der Waals surface area contributed by atoms with E-state index in [9.17, 15) is 4.79 Å². The van der Waals surface area contributed by atoms with Gasteiger partial charge in [0.25, 0.3) is 0 Å². The number of nitrogen functional groups attached to an aromatic ring is 1. The van der Waals surface area contributed by atoms with Gasteiger partial charge >= 0.3 is 5.97 Å². The molecule has 1 saturated carbocycles. The van der Waals surface area contributed by atoms with Gasteiger partial charge in [0.2, 0.25) is 0 Å². The summed E-state index contributed by atoms with van der Waals surface area (Å²) in [5, 5.41) is 0. The molecular formula is C8H11N3O2. The maximum absolute atomic E-state index is 11.1. The number of rotatable bonds is 2. The molecule has 1 aromatic heterocycles. The number of methoxy groups -OCH3 is 1. The van der Waals surface area contributed by atoms with E-state index in [1.807, 2.05) is 4.57 Å². The smallest absolute Gasteiger partial charge is 0.360 e. The molecule has 0 bridgehead atoms. The molecule has 0 saturated heterocycles. The van der Waals surface area contributed by atoms with Crippen molar-refractivity contribution in [1.82, 2.24) is 9.55 Å². The lowest BCUT2D eigenvalue weighted by Gasteiger charge is -2.01. The second kappa shape index (κ2) is 2.76. The molecule has 1 fully saturated rings. The molecule has 1 aliphatic carbocycles. The highest BCUT2D eigenvalue weighted by Gasteiger charge is 2.27. The highest BCUT2D eigenvalue weighted by atomic mass is 16.5. The van der Waals surface area contributed by atoms with Crippen molar-refractivity contribution in [3.8, 4) is 0 Å². The highest BCUT2D eigenvalue weighted by Crippen LogP contribution is 2.37. The number of carbonyl (C=O) groups excluding carboxylic acids is 1. The van der Waals surface area contributed by atoms with Gasteiger partial charge in [-0.05, 0) is 12.8 Å². The third kappa shape index (κ3) is 1.26. The van der Waals surface area contributed by atoms with Crippen LogP contribution in [0.2, 0.25) is 0 Å². The number of hydrogen-bond acceptors (Lipinski definition) is 4. The van der Waals surface area contributed by atoms with E-state index in [-0.39, 0.29) is 5.69 Å². The van der Waals surface area contributed by atoms with Gasteiger partial charge in [-0.3, -0.25) is 0 Å². The largest absolute Gasteiger partial charge is 0.464 e. The van der Waals surface area contributed by atoms with Crippen molar-refractivity contribution in [3.63, 3.8) is 0 Å². The third-order valence-electron chi connectivity index (χ3n) is 2.15. The zero-order valence-electron chi connectivity index (χ0n) is 7.36. The number of anilines is 1. The number of carbonyl (C=O) groups is 1. The monoisotopic (exact) mass is 181 g/mol. The van der Waals surface area contributed by atoms with E-state index in [0.29, 0.717) is 11.9 Å². The Hall–Kier alpha value is -1.52. The maximum atomic E-state index is 11.1. The number of imidazole rings is 1. The fraction of sp³-hybridized carbons (Fsp3) is 0.500. The molecule has 5 nitrogen and oxygen atoms in total. The Kier molecular flexibility index (Phi) is 1.72. The van der Waals surface area contributed by atoms with Gasteiger partial charge in [0.05, 0.1) is 13.4 Å². The predicted octanol–water partition coefficient (Wildman–Crippen LogP) is 0.587. The fourth-order valence-electron chi connectivity index (χ4n) is 1.27. The number of hydrogen-bond donors (Lipinski definition) is 1. The van der Waals surface area contributed by atoms with Crippen LogP contribution in [0.15, 0.2) is 6.33 Å². The number of nitrogens with zero attached hydrogens (tertiary/aromatic N) is 2. The van der Waals surface area contributed by atoms with E-state index in [1.54, 1.807) is 6.33 Å². The zero-order chi connectivity index (χ0) is 9.42. The Morgan fingerprint density at radius 3 is 3.00 bits per heavy atom. The summed E-state index contributed by atoms with van der Waals surface area (Å²) < 4.78 is 6.36. The molecule has 0 amide bonds. The van der Waals surface area contributed by atoms with Crippen molar-refractivity contribution in [2.75, 3.05) is 12.8 Å². The van der Waals surface area contributed by atoms with Crippen LogP contribution in [0.3, 0.4) is 0 Å². The van der Waals surface area contributed by atoms with Crippen molar-refractivity contribution in [1.29, 1.82) is 0 Å². The van der Waals surface area contributed by atoms with Crippen LogP contribution in [0.1, 0.15) is 29.4 Å². The maximum Gasteiger partial charge on any atom is 0.360 e. The predicted molar refractivity (Wildman–Crippen MR) is 46.2 cm³/mol. The van der Waals surface area contributed by atoms with Crippen molar-refractivity contribution in [2.45, 2.75) is 18.9 Å². The molecule has 1 heterocycles. The molecule has 0 aromatic carbocycles. The van der Waals surface area contributed by atoms with E-state index < -0.39 is 5.97 Å². The minimum Gasteiger partial charge on any atom is -0.464 e. The summed E-state index contributed by atoms with van der Waals surface area (Å²) in [6, 6.07) is 0.436. The standard InChI is InChI=1S/C8H11N3O2/c1-13-8(12)6-7(9)11(4-10-6)5-2-3-5/h4-5H,2-3,9H2,1H3.